The number of anilines is 1. The van der Waals surface area contributed by atoms with Crippen molar-refractivity contribution in [2.45, 2.75) is 32.0 Å². The number of nitrogens with one attached hydrogen (secondary N) is 2. The molecule has 0 spiro atoms. The summed E-state index contributed by atoms with van der Waals surface area (Å²) in [4.78, 5) is 15.3. The molecule has 0 aliphatic carbocycles. The quantitative estimate of drug-likeness (QED) is 0.878. The first-order valence-corrected chi connectivity index (χ1v) is 6.45. The average Bonchev–Trinajstić information content (AvgIpc) is 2.38. The van der Waals surface area contributed by atoms with Gasteiger partial charge in [-0.1, -0.05) is 6.92 Å². The molecule has 1 aliphatic heterocycles. The normalized spacial score (nSPS) is 23.4. The molecule has 0 aromatic carbocycles. The summed E-state index contributed by atoms with van der Waals surface area (Å²) in [5.41, 5.74) is -0.706. The SMILES string of the molecule is CC1CCCNC1C(=O)Nc1ccc(C(F)(F)F)nc1. The second kappa shape index (κ2) is 5.78. The number of amides is 1. The number of nitrogens with zero attached hydrogens (tertiary/aromatic N) is 1. The van der Waals surface area contributed by atoms with Crippen molar-refractivity contribution in [2.75, 3.05) is 11.9 Å². The van der Waals surface area contributed by atoms with Crippen LogP contribution in [-0.2, 0) is 11.0 Å². The summed E-state index contributed by atoms with van der Waals surface area (Å²) in [5.74, 6) is -0.0371. The third-order valence-corrected chi connectivity index (χ3v) is 3.37. The van der Waals surface area contributed by atoms with Crippen molar-refractivity contribution in [3.05, 3.63) is 24.0 Å². The van der Waals surface area contributed by atoms with Crippen molar-refractivity contribution in [3.63, 3.8) is 0 Å². The van der Waals surface area contributed by atoms with Crippen molar-refractivity contribution < 1.29 is 18.0 Å². The molecule has 1 aromatic rings. The number of piperidine rings is 1. The predicted molar refractivity (Wildman–Crippen MR) is 68.1 cm³/mol. The molecule has 2 rings (SSSR count). The number of hydrogen-bond acceptors (Lipinski definition) is 3. The van der Waals surface area contributed by atoms with Crippen LogP contribution in [0.1, 0.15) is 25.5 Å². The fraction of sp³-hybridized carbons (Fsp3) is 0.538. The van der Waals surface area contributed by atoms with Crippen LogP contribution in [0.25, 0.3) is 0 Å². The standard InChI is InChI=1S/C13H16F3N3O/c1-8-3-2-6-17-11(8)12(20)19-9-4-5-10(18-7-9)13(14,15)16/h4-5,7-8,11,17H,2-3,6H2,1H3,(H,19,20). The van der Waals surface area contributed by atoms with Crippen LogP contribution in [0.2, 0.25) is 0 Å². The summed E-state index contributed by atoms with van der Waals surface area (Å²) in [7, 11) is 0. The van der Waals surface area contributed by atoms with E-state index in [1.807, 2.05) is 6.92 Å². The second-order valence-electron chi connectivity index (χ2n) is 4.97. The molecule has 7 heteroatoms. The first-order chi connectivity index (χ1) is 9.38. The zero-order chi connectivity index (χ0) is 14.8. The summed E-state index contributed by atoms with van der Waals surface area (Å²) < 4.78 is 37.1. The van der Waals surface area contributed by atoms with E-state index in [1.165, 1.54) is 6.07 Å². The summed E-state index contributed by atoms with van der Waals surface area (Å²) >= 11 is 0. The van der Waals surface area contributed by atoms with Gasteiger partial charge in [0.2, 0.25) is 5.91 Å². The Morgan fingerprint density at radius 2 is 2.20 bits per heavy atom. The van der Waals surface area contributed by atoms with Crippen molar-refractivity contribution in [1.29, 1.82) is 0 Å². The molecule has 0 radical (unpaired) electrons. The van der Waals surface area contributed by atoms with E-state index in [0.717, 1.165) is 31.6 Å². The van der Waals surface area contributed by atoms with E-state index in [0.29, 0.717) is 0 Å². The molecule has 1 fully saturated rings. The molecule has 2 atom stereocenters. The topological polar surface area (TPSA) is 54.0 Å². The Balaban J connectivity index is 2.01. The van der Waals surface area contributed by atoms with Crippen molar-refractivity contribution in [1.82, 2.24) is 10.3 Å². The molecule has 0 bridgehead atoms. The van der Waals surface area contributed by atoms with Crippen LogP contribution >= 0.6 is 0 Å². The van der Waals surface area contributed by atoms with Gasteiger partial charge in [-0.2, -0.15) is 13.2 Å². The lowest BCUT2D eigenvalue weighted by Crippen LogP contribution is -2.48. The van der Waals surface area contributed by atoms with E-state index in [9.17, 15) is 18.0 Å². The highest BCUT2D eigenvalue weighted by atomic mass is 19.4. The predicted octanol–water partition coefficient (Wildman–Crippen LogP) is 2.43. The number of alkyl halides is 3. The van der Waals surface area contributed by atoms with E-state index in [-0.39, 0.29) is 23.6 Å². The average molecular weight is 287 g/mol. The van der Waals surface area contributed by atoms with Crippen LogP contribution in [0.15, 0.2) is 18.3 Å². The molecular formula is C13H16F3N3O. The van der Waals surface area contributed by atoms with Gasteiger partial charge in [0.1, 0.15) is 5.69 Å². The minimum atomic E-state index is -4.47. The molecule has 1 aromatic heterocycles. The van der Waals surface area contributed by atoms with Gasteiger partial charge in [-0.05, 0) is 37.4 Å². The smallest absolute Gasteiger partial charge is 0.323 e. The lowest BCUT2D eigenvalue weighted by molar-refractivity contribution is -0.141. The van der Waals surface area contributed by atoms with E-state index >= 15 is 0 Å². The minimum absolute atomic E-state index is 0.200. The van der Waals surface area contributed by atoms with Gasteiger partial charge in [-0.25, -0.2) is 4.98 Å². The van der Waals surface area contributed by atoms with Crippen LogP contribution in [-0.4, -0.2) is 23.5 Å². The highest BCUT2D eigenvalue weighted by Gasteiger charge is 2.32. The number of halogens is 3. The summed E-state index contributed by atoms with van der Waals surface area (Å²) in [6.07, 6.45) is -1.47. The van der Waals surface area contributed by atoms with Gasteiger partial charge in [-0.15, -0.1) is 0 Å². The van der Waals surface area contributed by atoms with E-state index in [1.54, 1.807) is 0 Å². The summed E-state index contributed by atoms with van der Waals surface area (Å²) in [6, 6.07) is 1.75. The number of carbonyl (C=O) groups is 1. The Kier molecular flexibility index (Phi) is 4.27. The van der Waals surface area contributed by atoms with Crippen molar-refractivity contribution >= 4 is 11.6 Å². The fourth-order valence-corrected chi connectivity index (χ4v) is 2.26. The van der Waals surface area contributed by atoms with Crippen LogP contribution in [0, 0.1) is 5.92 Å². The van der Waals surface area contributed by atoms with Crippen molar-refractivity contribution in [2.24, 2.45) is 5.92 Å². The van der Waals surface area contributed by atoms with Crippen molar-refractivity contribution in [3.8, 4) is 0 Å². The van der Waals surface area contributed by atoms with E-state index in [2.05, 4.69) is 15.6 Å². The van der Waals surface area contributed by atoms with Gasteiger partial charge >= 0.3 is 6.18 Å². The van der Waals surface area contributed by atoms with Gasteiger partial charge < -0.3 is 10.6 Å². The fourth-order valence-electron chi connectivity index (χ4n) is 2.26. The number of carbonyl (C=O) groups excluding carboxylic acids is 1. The third kappa shape index (κ3) is 3.47. The maximum absolute atomic E-state index is 12.4. The maximum Gasteiger partial charge on any atom is 0.433 e. The monoisotopic (exact) mass is 287 g/mol. The van der Waals surface area contributed by atoms with Crippen LogP contribution in [0.5, 0.6) is 0 Å². The third-order valence-electron chi connectivity index (χ3n) is 3.37. The Hall–Kier alpha value is -1.63. The molecule has 110 valence electrons. The van der Waals surface area contributed by atoms with Gasteiger partial charge in [0.05, 0.1) is 17.9 Å². The number of aromatic nitrogens is 1. The molecule has 1 saturated heterocycles. The van der Waals surface area contributed by atoms with Gasteiger partial charge in [0.15, 0.2) is 0 Å². The highest BCUT2D eigenvalue weighted by Crippen LogP contribution is 2.27. The molecule has 1 amide bonds. The van der Waals surface area contributed by atoms with E-state index in [4.69, 9.17) is 0 Å². The Bertz CT molecular complexity index is 473. The van der Waals surface area contributed by atoms with E-state index < -0.39 is 11.9 Å². The minimum Gasteiger partial charge on any atom is -0.323 e. The zero-order valence-corrected chi connectivity index (χ0v) is 11.0. The molecule has 4 nitrogen and oxygen atoms in total. The molecule has 2 heterocycles. The lowest BCUT2D eigenvalue weighted by Gasteiger charge is -2.28. The Morgan fingerprint density at radius 1 is 1.45 bits per heavy atom. The first-order valence-electron chi connectivity index (χ1n) is 6.45. The number of hydrogen-bond donors (Lipinski definition) is 2. The first kappa shape index (κ1) is 14.8. The zero-order valence-electron chi connectivity index (χ0n) is 11.0. The van der Waals surface area contributed by atoms with Gasteiger partial charge in [-0.3, -0.25) is 4.79 Å². The van der Waals surface area contributed by atoms with Crippen LogP contribution < -0.4 is 10.6 Å². The van der Waals surface area contributed by atoms with Crippen LogP contribution in [0.3, 0.4) is 0 Å². The number of rotatable bonds is 2. The molecule has 2 unspecified atom stereocenters. The maximum atomic E-state index is 12.4. The largest absolute Gasteiger partial charge is 0.433 e. The number of pyridine rings is 1. The molecular weight excluding hydrogens is 271 g/mol. The molecule has 2 N–H and O–H groups in total. The Labute approximate surface area is 114 Å². The Morgan fingerprint density at radius 3 is 2.75 bits per heavy atom. The molecule has 1 aliphatic rings. The van der Waals surface area contributed by atoms with Gasteiger partial charge in [0.25, 0.3) is 0 Å². The molecule has 20 heavy (non-hydrogen) atoms. The summed E-state index contributed by atoms with van der Waals surface area (Å²) in [6.45, 7) is 2.75. The van der Waals surface area contributed by atoms with Crippen LogP contribution in [0.4, 0.5) is 18.9 Å². The van der Waals surface area contributed by atoms with Gasteiger partial charge in [0, 0.05) is 0 Å². The lowest BCUT2D eigenvalue weighted by atomic mass is 9.92. The highest BCUT2D eigenvalue weighted by molar-refractivity contribution is 5.94. The second-order valence-corrected chi connectivity index (χ2v) is 4.97. The summed E-state index contributed by atoms with van der Waals surface area (Å²) in [5, 5.41) is 5.70. The molecule has 0 saturated carbocycles.